The fraction of sp³-hybridized carbons (Fsp3) is 0.391. The fourth-order valence-corrected chi connectivity index (χ4v) is 3.28. The van der Waals surface area contributed by atoms with E-state index in [0.717, 1.165) is 49.8 Å². The zero-order valence-corrected chi connectivity index (χ0v) is 18.7. The minimum Gasteiger partial charge on any atom is -0.494 e. The summed E-state index contributed by atoms with van der Waals surface area (Å²) in [4.78, 5) is 19.7. The normalized spacial score (nSPS) is 14.9. The molecule has 0 radical (unpaired) electrons. The highest BCUT2D eigenvalue weighted by Gasteiger charge is 2.12. The fourth-order valence-electron chi connectivity index (χ4n) is 3.09. The molecule has 1 heterocycles. The van der Waals surface area contributed by atoms with Crippen molar-refractivity contribution in [3.8, 4) is 5.75 Å². The number of nitrogens with one attached hydrogen (secondary N) is 2. The number of halogens is 1. The second-order valence-electron chi connectivity index (χ2n) is 7.18. The molecular formula is C23H29ClN4O3. The molecular weight excluding hydrogens is 416 g/mol. The van der Waals surface area contributed by atoms with Crippen LogP contribution in [0.2, 0.25) is 5.02 Å². The highest BCUT2D eigenvalue weighted by molar-refractivity contribution is 6.31. The number of rotatable bonds is 7. The maximum absolute atomic E-state index is 12.8. The minimum atomic E-state index is -0.251. The van der Waals surface area contributed by atoms with Crippen molar-refractivity contribution >= 4 is 29.2 Å². The Hall–Kier alpha value is -2.61. The molecule has 3 rings (SSSR count). The molecule has 166 valence electrons. The SMILES string of the molecule is CCOc1ccc(C(=O)NC(=NCCN2CCOCC2)Nc2ccc(C)c(Cl)c2)cc1. The van der Waals surface area contributed by atoms with Gasteiger partial charge in [-0.2, -0.15) is 0 Å². The maximum Gasteiger partial charge on any atom is 0.257 e. The van der Waals surface area contributed by atoms with Gasteiger partial charge in [-0.3, -0.25) is 20.0 Å². The average molecular weight is 445 g/mol. The molecule has 0 unspecified atom stereocenters. The number of anilines is 1. The Morgan fingerprint density at radius 3 is 2.61 bits per heavy atom. The molecule has 2 N–H and O–H groups in total. The van der Waals surface area contributed by atoms with Crippen LogP contribution in [0.5, 0.6) is 5.75 Å². The highest BCUT2D eigenvalue weighted by atomic mass is 35.5. The van der Waals surface area contributed by atoms with Gasteiger partial charge in [0.15, 0.2) is 0 Å². The summed E-state index contributed by atoms with van der Waals surface area (Å²) in [7, 11) is 0. The molecule has 7 nitrogen and oxygen atoms in total. The molecule has 0 aliphatic carbocycles. The molecule has 0 aromatic heterocycles. The molecule has 1 fully saturated rings. The quantitative estimate of drug-likeness (QED) is 0.504. The summed E-state index contributed by atoms with van der Waals surface area (Å²) in [6.07, 6.45) is 0. The summed E-state index contributed by atoms with van der Waals surface area (Å²) >= 11 is 6.25. The smallest absolute Gasteiger partial charge is 0.257 e. The predicted molar refractivity (Wildman–Crippen MR) is 124 cm³/mol. The van der Waals surface area contributed by atoms with Crippen molar-refractivity contribution in [3.05, 3.63) is 58.6 Å². The van der Waals surface area contributed by atoms with Gasteiger partial charge in [0.25, 0.3) is 5.91 Å². The highest BCUT2D eigenvalue weighted by Crippen LogP contribution is 2.20. The molecule has 0 saturated carbocycles. The molecule has 1 amide bonds. The van der Waals surface area contributed by atoms with Gasteiger partial charge in [0, 0.05) is 35.9 Å². The summed E-state index contributed by atoms with van der Waals surface area (Å²) in [5, 5.41) is 6.71. The van der Waals surface area contributed by atoms with Gasteiger partial charge in [0.1, 0.15) is 5.75 Å². The number of ether oxygens (including phenoxy) is 2. The van der Waals surface area contributed by atoms with Gasteiger partial charge in [-0.05, 0) is 55.8 Å². The Morgan fingerprint density at radius 2 is 1.94 bits per heavy atom. The lowest BCUT2D eigenvalue weighted by Crippen LogP contribution is -2.39. The van der Waals surface area contributed by atoms with Gasteiger partial charge in [0.05, 0.1) is 26.4 Å². The third-order valence-electron chi connectivity index (χ3n) is 4.88. The first-order chi connectivity index (χ1) is 15.0. The van der Waals surface area contributed by atoms with E-state index in [-0.39, 0.29) is 5.91 Å². The van der Waals surface area contributed by atoms with Gasteiger partial charge in [-0.15, -0.1) is 0 Å². The monoisotopic (exact) mass is 444 g/mol. The first kappa shape index (κ1) is 23.1. The van der Waals surface area contributed by atoms with Crippen LogP contribution in [0.15, 0.2) is 47.5 Å². The van der Waals surface area contributed by atoms with E-state index in [0.29, 0.717) is 29.7 Å². The Kier molecular flexibility index (Phi) is 8.70. The molecule has 2 aromatic rings. The number of nitrogens with zero attached hydrogens (tertiary/aromatic N) is 2. The van der Waals surface area contributed by atoms with E-state index in [2.05, 4.69) is 20.5 Å². The molecule has 2 aromatic carbocycles. The first-order valence-electron chi connectivity index (χ1n) is 10.5. The van der Waals surface area contributed by atoms with Crippen LogP contribution in [-0.2, 0) is 4.74 Å². The number of aliphatic imine (C=N–C) groups is 1. The predicted octanol–water partition coefficient (Wildman–Crippen LogP) is 3.58. The summed E-state index contributed by atoms with van der Waals surface area (Å²) in [6.45, 7) is 9.05. The lowest BCUT2D eigenvalue weighted by Gasteiger charge is -2.25. The van der Waals surface area contributed by atoms with Crippen LogP contribution >= 0.6 is 11.6 Å². The van der Waals surface area contributed by atoms with Crippen LogP contribution in [-0.4, -0.2) is 62.8 Å². The van der Waals surface area contributed by atoms with Gasteiger partial charge in [-0.25, -0.2) is 0 Å². The third-order valence-corrected chi connectivity index (χ3v) is 5.29. The van der Waals surface area contributed by atoms with Crippen LogP contribution in [0.1, 0.15) is 22.8 Å². The van der Waals surface area contributed by atoms with E-state index in [1.807, 2.05) is 32.0 Å². The van der Waals surface area contributed by atoms with E-state index in [1.54, 1.807) is 24.3 Å². The van der Waals surface area contributed by atoms with Crippen LogP contribution < -0.4 is 15.4 Å². The molecule has 0 atom stereocenters. The van der Waals surface area contributed by atoms with Crippen molar-refractivity contribution in [2.24, 2.45) is 4.99 Å². The van der Waals surface area contributed by atoms with E-state index in [9.17, 15) is 4.79 Å². The number of carbonyl (C=O) groups excluding carboxylic acids is 1. The van der Waals surface area contributed by atoms with Crippen molar-refractivity contribution in [3.63, 3.8) is 0 Å². The molecule has 1 aliphatic heterocycles. The number of amides is 1. The second kappa shape index (κ2) is 11.7. The molecule has 0 bridgehead atoms. The van der Waals surface area contributed by atoms with Crippen molar-refractivity contribution < 1.29 is 14.3 Å². The average Bonchev–Trinajstić information content (AvgIpc) is 2.77. The summed E-state index contributed by atoms with van der Waals surface area (Å²) in [5.74, 6) is 0.858. The molecule has 0 spiro atoms. The van der Waals surface area contributed by atoms with Gasteiger partial charge >= 0.3 is 0 Å². The Labute approximate surface area is 188 Å². The minimum absolute atomic E-state index is 0.251. The first-order valence-corrected chi connectivity index (χ1v) is 10.8. The molecule has 1 saturated heterocycles. The number of guanidine groups is 1. The topological polar surface area (TPSA) is 75.2 Å². The van der Waals surface area contributed by atoms with Crippen LogP contribution in [0.4, 0.5) is 5.69 Å². The van der Waals surface area contributed by atoms with Crippen molar-refractivity contribution in [1.29, 1.82) is 0 Å². The summed E-state index contributed by atoms with van der Waals surface area (Å²) in [6, 6.07) is 12.7. The van der Waals surface area contributed by atoms with E-state index in [4.69, 9.17) is 21.1 Å². The van der Waals surface area contributed by atoms with E-state index >= 15 is 0 Å². The lowest BCUT2D eigenvalue weighted by molar-refractivity contribution is 0.0394. The molecule has 31 heavy (non-hydrogen) atoms. The maximum atomic E-state index is 12.8. The van der Waals surface area contributed by atoms with Gasteiger partial charge in [-0.1, -0.05) is 17.7 Å². The van der Waals surface area contributed by atoms with E-state index < -0.39 is 0 Å². The largest absolute Gasteiger partial charge is 0.494 e. The third kappa shape index (κ3) is 7.24. The summed E-state index contributed by atoms with van der Waals surface area (Å²) in [5.41, 5.74) is 2.26. The molecule has 8 heteroatoms. The van der Waals surface area contributed by atoms with Gasteiger partial charge < -0.3 is 14.8 Å². The second-order valence-corrected chi connectivity index (χ2v) is 7.59. The Bertz CT molecular complexity index is 896. The van der Waals surface area contributed by atoms with Crippen molar-refractivity contribution in [2.75, 3.05) is 51.3 Å². The van der Waals surface area contributed by atoms with Crippen molar-refractivity contribution in [2.45, 2.75) is 13.8 Å². The zero-order valence-electron chi connectivity index (χ0n) is 18.0. The van der Waals surface area contributed by atoms with Crippen LogP contribution in [0, 0.1) is 6.92 Å². The van der Waals surface area contributed by atoms with E-state index in [1.165, 1.54) is 0 Å². The number of carbonyl (C=O) groups is 1. The van der Waals surface area contributed by atoms with Crippen LogP contribution in [0.25, 0.3) is 0 Å². The van der Waals surface area contributed by atoms with Gasteiger partial charge in [0.2, 0.25) is 5.96 Å². The number of hydrogen-bond donors (Lipinski definition) is 2. The number of benzene rings is 2. The standard InChI is InChI=1S/C23H29ClN4O3/c1-3-31-20-8-5-18(6-9-20)22(29)27-23(25-10-11-28-12-14-30-15-13-28)26-19-7-4-17(2)21(24)16-19/h4-9,16H,3,10-15H2,1-2H3,(H2,25,26,27,29). The molecule has 1 aliphatic rings. The summed E-state index contributed by atoms with van der Waals surface area (Å²) < 4.78 is 10.8. The Morgan fingerprint density at radius 1 is 1.19 bits per heavy atom. The van der Waals surface area contributed by atoms with Crippen LogP contribution in [0.3, 0.4) is 0 Å². The Balaban J connectivity index is 1.69. The zero-order chi connectivity index (χ0) is 22.1. The lowest BCUT2D eigenvalue weighted by atomic mass is 10.2. The number of morpholine rings is 1. The number of aryl methyl sites for hydroxylation is 1. The van der Waals surface area contributed by atoms with Crippen molar-refractivity contribution in [1.82, 2.24) is 10.2 Å². The number of hydrogen-bond acceptors (Lipinski definition) is 5.